The molecule has 0 spiro atoms. The van der Waals surface area contributed by atoms with Crippen molar-refractivity contribution in [1.82, 2.24) is 0 Å². The van der Waals surface area contributed by atoms with Gasteiger partial charge in [0, 0.05) is 6.42 Å². The molecule has 0 rings (SSSR count). The second-order valence-corrected chi connectivity index (χ2v) is 4.75. The van der Waals surface area contributed by atoms with E-state index in [9.17, 15) is 0 Å². The molecule has 0 aromatic heterocycles. The largest absolute Gasteiger partial charge is 0.335 e. The minimum absolute atomic E-state index is 1.28. The Hall–Kier alpha value is 0.270. The molecule has 0 aliphatic carbocycles. The van der Waals surface area contributed by atoms with Crippen molar-refractivity contribution in [3.05, 3.63) is 0 Å². The van der Waals surface area contributed by atoms with Gasteiger partial charge in [-0.15, -0.1) is 0 Å². The molecule has 2 N–H and O–H groups in total. The lowest BCUT2D eigenvalue weighted by atomic mass is 10.4. The molecule has 0 radical (unpaired) electrons. The van der Waals surface area contributed by atoms with Crippen LogP contribution in [0.2, 0.25) is 0 Å². The Morgan fingerprint density at radius 2 is 1.67 bits per heavy atom. The minimum Gasteiger partial charge on any atom is -0.335 e. The molecule has 74 valence electrons. The van der Waals surface area contributed by atoms with Crippen LogP contribution in [0.1, 0.15) is 6.42 Å². The average Bonchev–Trinajstić information content (AvgIpc) is 2.01. The van der Waals surface area contributed by atoms with Crippen molar-refractivity contribution in [1.29, 1.82) is 0 Å². The van der Waals surface area contributed by atoms with E-state index in [-0.39, 0.29) is 0 Å². The summed E-state index contributed by atoms with van der Waals surface area (Å²) in [7, 11) is 6.73. The lowest BCUT2D eigenvalue weighted by Gasteiger charge is -2.14. The maximum atomic E-state index is 2.29. The molecule has 0 saturated carbocycles. The Bertz CT molecular complexity index is 96.5. The van der Waals surface area contributed by atoms with Crippen LogP contribution in [0, 0.1) is 0 Å². The molecule has 0 saturated heterocycles. The molecule has 0 aliphatic heterocycles. The molecule has 12 heavy (non-hydrogen) atoms. The number of likely N-dealkylation sites (N-methyl/N-ethyl adjacent to an activating group) is 2. The van der Waals surface area contributed by atoms with E-state index in [1.54, 1.807) is 9.80 Å². The summed E-state index contributed by atoms with van der Waals surface area (Å²) in [4.78, 5) is 3.23. The molecular formula is C9H24N2S+2. The highest BCUT2D eigenvalue weighted by Crippen LogP contribution is 1.91. The van der Waals surface area contributed by atoms with E-state index < -0.39 is 0 Å². The smallest absolute Gasteiger partial charge is 0.127 e. The monoisotopic (exact) mass is 192 g/mol. The third-order valence-electron chi connectivity index (χ3n) is 2.00. The fourth-order valence-electron chi connectivity index (χ4n) is 1.11. The summed E-state index contributed by atoms with van der Waals surface area (Å²) in [6, 6.07) is 0. The number of hydrogen-bond acceptors (Lipinski definition) is 1. The van der Waals surface area contributed by atoms with Crippen molar-refractivity contribution in [3.8, 4) is 0 Å². The highest BCUT2D eigenvalue weighted by Gasteiger charge is 2.02. The van der Waals surface area contributed by atoms with E-state index in [0.717, 1.165) is 0 Å². The predicted octanol–water partition coefficient (Wildman–Crippen LogP) is -1.60. The minimum atomic E-state index is 1.28. The van der Waals surface area contributed by atoms with Gasteiger partial charge in [0.15, 0.2) is 0 Å². The van der Waals surface area contributed by atoms with Crippen molar-refractivity contribution in [2.75, 3.05) is 52.8 Å². The molecule has 0 heterocycles. The van der Waals surface area contributed by atoms with E-state index >= 15 is 0 Å². The predicted molar refractivity (Wildman–Crippen MR) is 57.3 cm³/mol. The van der Waals surface area contributed by atoms with Gasteiger partial charge in [-0.1, -0.05) is 0 Å². The van der Waals surface area contributed by atoms with Crippen molar-refractivity contribution in [2.45, 2.75) is 6.42 Å². The van der Waals surface area contributed by atoms with Crippen molar-refractivity contribution < 1.29 is 9.80 Å². The van der Waals surface area contributed by atoms with Gasteiger partial charge in [-0.25, -0.2) is 0 Å². The molecule has 0 bridgehead atoms. The third kappa shape index (κ3) is 8.37. The van der Waals surface area contributed by atoms with Crippen LogP contribution in [-0.2, 0) is 0 Å². The van der Waals surface area contributed by atoms with Gasteiger partial charge >= 0.3 is 0 Å². The number of quaternary nitrogens is 2. The first-order valence-electron chi connectivity index (χ1n) is 4.76. The van der Waals surface area contributed by atoms with Crippen LogP contribution in [0.25, 0.3) is 0 Å². The summed E-state index contributed by atoms with van der Waals surface area (Å²) >= 11 is 1.95. The fourth-order valence-corrected chi connectivity index (χ4v) is 1.54. The van der Waals surface area contributed by atoms with E-state index in [0.29, 0.717) is 0 Å². The number of thioether (sulfide) groups is 1. The zero-order valence-electron chi connectivity index (χ0n) is 8.94. The first kappa shape index (κ1) is 12.3. The standard InChI is InChI=1S/C9H22N2S/c1-10(2)7-8-11(3)6-5-9-12-4/h5-9H2,1-4H3/p+2. The quantitative estimate of drug-likeness (QED) is 0.462. The Labute approximate surface area is 81.3 Å². The lowest BCUT2D eigenvalue weighted by Crippen LogP contribution is -3.16. The normalized spacial score (nSPS) is 13.8. The maximum absolute atomic E-state index is 2.29. The first-order valence-corrected chi connectivity index (χ1v) is 6.15. The molecule has 3 heteroatoms. The number of hydrogen-bond donors (Lipinski definition) is 2. The molecule has 2 nitrogen and oxygen atoms in total. The molecule has 0 amide bonds. The highest BCUT2D eigenvalue weighted by atomic mass is 32.2. The molecule has 1 unspecified atom stereocenters. The van der Waals surface area contributed by atoms with Crippen LogP contribution < -0.4 is 9.80 Å². The van der Waals surface area contributed by atoms with Gasteiger partial charge in [-0.3, -0.25) is 0 Å². The van der Waals surface area contributed by atoms with Crippen molar-refractivity contribution in [2.24, 2.45) is 0 Å². The van der Waals surface area contributed by atoms with Gasteiger partial charge in [0.05, 0.1) is 27.7 Å². The van der Waals surface area contributed by atoms with Gasteiger partial charge in [0.25, 0.3) is 0 Å². The SMILES string of the molecule is CSCCC[NH+](C)CC[NH+](C)C. The Morgan fingerprint density at radius 3 is 2.17 bits per heavy atom. The summed E-state index contributed by atoms with van der Waals surface area (Å²) in [5.74, 6) is 1.31. The Morgan fingerprint density at radius 1 is 1.00 bits per heavy atom. The summed E-state index contributed by atoms with van der Waals surface area (Å²) in [5.41, 5.74) is 0. The van der Waals surface area contributed by atoms with E-state index in [1.165, 1.54) is 31.8 Å². The first-order chi connectivity index (χ1) is 5.66. The Kier molecular flexibility index (Phi) is 8.07. The van der Waals surface area contributed by atoms with Gasteiger partial charge in [-0.2, -0.15) is 11.8 Å². The van der Waals surface area contributed by atoms with Gasteiger partial charge in [0.1, 0.15) is 13.1 Å². The molecule has 0 aromatic rings. The average molecular weight is 192 g/mol. The zero-order chi connectivity index (χ0) is 9.40. The summed E-state index contributed by atoms with van der Waals surface area (Å²) in [5, 5.41) is 0. The van der Waals surface area contributed by atoms with E-state index in [1.807, 2.05) is 11.8 Å². The number of nitrogens with one attached hydrogen (secondary N) is 2. The van der Waals surface area contributed by atoms with Crippen LogP contribution >= 0.6 is 11.8 Å². The lowest BCUT2D eigenvalue weighted by molar-refractivity contribution is -0.929. The fraction of sp³-hybridized carbons (Fsp3) is 1.00. The van der Waals surface area contributed by atoms with E-state index in [4.69, 9.17) is 0 Å². The molecular weight excluding hydrogens is 168 g/mol. The topological polar surface area (TPSA) is 8.88 Å². The maximum Gasteiger partial charge on any atom is 0.127 e. The van der Waals surface area contributed by atoms with Crippen LogP contribution in [-0.4, -0.2) is 52.8 Å². The Balaban J connectivity index is 3.15. The molecule has 0 fully saturated rings. The van der Waals surface area contributed by atoms with Crippen LogP contribution in [0.15, 0.2) is 0 Å². The summed E-state index contributed by atoms with van der Waals surface area (Å²) in [6.45, 7) is 3.91. The zero-order valence-corrected chi connectivity index (χ0v) is 9.76. The van der Waals surface area contributed by atoms with Gasteiger partial charge in [0.2, 0.25) is 0 Å². The van der Waals surface area contributed by atoms with Gasteiger partial charge < -0.3 is 9.80 Å². The van der Waals surface area contributed by atoms with E-state index in [2.05, 4.69) is 27.4 Å². The summed E-state index contributed by atoms with van der Waals surface area (Å²) < 4.78 is 0. The van der Waals surface area contributed by atoms with Crippen LogP contribution in [0.5, 0.6) is 0 Å². The van der Waals surface area contributed by atoms with Gasteiger partial charge in [-0.05, 0) is 12.0 Å². The molecule has 0 aliphatic rings. The molecule has 0 aromatic carbocycles. The summed E-state index contributed by atoms with van der Waals surface area (Å²) in [6.07, 6.45) is 3.54. The second kappa shape index (κ2) is 7.90. The third-order valence-corrected chi connectivity index (χ3v) is 2.70. The second-order valence-electron chi connectivity index (χ2n) is 3.76. The van der Waals surface area contributed by atoms with Crippen LogP contribution in [0.4, 0.5) is 0 Å². The number of rotatable bonds is 7. The highest BCUT2D eigenvalue weighted by molar-refractivity contribution is 7.98. The van der Waals surface area contributed by atoms with Crippen molar-refractivity contribution in [3.63, 3.8) is 0 Å². The van der Waals surface area contributed by atoms with Crippen LogP contribution in [0.3, 0.4) is 0 Å². The van der Waals surface area contributed by atoms with Crippen molar-refractivity contribution >= 4 is 11.8 Å². The molecule has 1 atom stereocenters.